The molecule has 0 radical (unpaired) electrons. The molecule has 110 valence electrons. The fourth-order valence-corrected chi connectivity index (χ4v) is 3.24. The first-order chi connectivity index (χ1) is 11.5. The Balaban J connectivity index is 2.34. The Morgan fingerprint density at radius 2 is 1.21 bits per heavy atom. The van der Waals surface area contributed by atoms with Gasteiger partial charge in [0.25, 0.3) is 11.4 Å². The van der Waals surface area contributed by atoms with Gasteiger partial charge in [-0.1, -0.05) is 23.3 Å². The van der Waals surface area contributed by atoms with E-state index in [1.54, 1.807) is 0 Å². The lowest BCUT2D eigenvalue weighted by Gasteiger charge is -2.09. The molecule has 0 saturated carbocycles. The zero-order valence-electron chi connectivity index (χ0n) is 13.1. The summed E-state index contributed by atoms with van der Waals surface area (Å²) in [5.74, 6) is 0. The predicted octanol–water partition coefficient (Wildman–Crippen LogP) is 4.83. The molecule has 0 amide bonds. The van der Waals surface area contributed by atoms with E-state index in [0.29, 0.717) is 11.1 Å². The van der Waals surface area contributed by atoms with Crippen LogP contribution in [-0.2, 0) is 0 Å². The summed E-state index contributed by atoms with van der Waals surface area (Å²) in [6.07, 6.45) is 3.87. The number of benzene rings is 1. The Kier molecular flexibility index (Phi) is 3.39. The number of allylic oxidation sites excluding steroid dienone is 6. The van der Waals surface area contributed by atoms with Crippen molar-refractivity contribution < 1.29 is 0 Å². The highest BCUT2D eigenvalue weighted by atomic mass is 14.7. The number of nitrogens with zero attached hydrogens (tertiary/aromatic N) is 4. The van der Waals surface area contributed by atoms with Crippen LogP contribution in [0, 0.1) is 35.8 Å². The summed E-state index contributed by atoms with van der Waals surface area (Å²) in [6.45, 7) is 18.2. The van der Waals surface area contributed by atoms with Gasteiger partial charge in [0.2, 0.25) is 0 Å². The van der Waals surface area contributed by atoms with Gasteiger partial charge in [0.1, 0.15) is 0 Å². The molecule has 4 heteroatoms. The Morgan fingerprint density at radius 1 is 0.833 bits per heavy atom. The lowest BCUT2D eigenvalue weighted by molar-refractivity contribution is 1.46. The number of hydrogen-bond donors (Lipinski definition) is 0. The van der Waals surface area contributed by atoms with Crippen LogP contribution in [0.5, 0.6) is 0 Å². The van der Waals surface area contributed by atoms with Gasteiger partial charge in [-0.25, -0.2) is 20.2 Å². The van der Waals surface area contributed by atoms with Gasteiger partial charge in [-0.2, -0.15) is 0 Å². The molecular formula is C20H10N4. The molecule has 0 N–H and O–H groups in total. The minimum absolute atomic E-state index is 0.0794. The lowest BCUT2D eigenvalue weighted by atomic mass is 9.94. The largest absolute Gasteiger partial charge is 0.269 e. The average Bonchev–Trinajstić information content (AvgIpc) is 3.05. The normalized spacial score (nSPS) is 18.1. The van der Waals surface area contributed by atoms with Crippen LogP contribution in [0.3, 0.4) is 0 Å². The van der Waals surface area contributed by atoms with Gasteiger partial charge >= 0.3 is 0 Å². The third kappa shape index (κ3) is 1.96. The molecule has 1 aromatic rings. The van der Waals surface area contributed by atoms with Crippen molar-refractivity contribution in [3.05, 3.63) is 79.8 Å². The topological polar surface area (TPSA) is 56.3 Å². The third-order valence-electron chi connectivity index (χ3n) is 4.20. The molecule has 1 aromatic carbocycles. The molecule has 0 saturated heterocycles. The van der Waals surface area contributed by atoms with E-state index >= 15 is 0 Å². The molecule has 2 aliphatic carbocycles. The summed E-state index contributed by atoms with van der Waals surface area (Å²) in [5.41, 5.74) is 6.75. The fourth-order valence-electron chi connectivity index (χ4n) is 3.24. The van der Waals surface area contributed by atoms with Crippen LogP contribution < -0.4 is 0 Å². The number of rotatable bonds is 0. The molecule has 2 aliphatic rings. The Labute approximate surface area is 140 Å². The third-order valence-corrected chi connectivity index (χ3v) is 4.20. The van der Waals surface area contributed by atoms with Crippen LogP contribution in [-0.4, -0.2) is 0 Å². The number of hydrogen-bond acceptors (Lipinski definition) is 2. The zero-order valence-corrected chi connectivity index (χ0v) is 13.1. The molecule has 0 aromatic heterocycles. The van der Waals surface area contributed by atoms with E-state index in [1.807, 2.05) is 50.3 Å². The van der Waals surface area contributed by atoms with Crippen molar-refractivity contribution in [2.24, 2.45) is 0 Å². The molecule has 0 unspecified atom stereocenters. The summed E-state index contributed by atoms with van der Waals surface area (Å²) in [6, 6.07) is 7.80. The highest BCUT2D eigenvalue weighted by Gasteiger charge is 2.26. The minimum Gasteiger partial charge on any atom is -0.226 e. The Bertz CT molecular complexity index is 973. The molecular weight excluding hydrogens is 296 g/mol. The van der Waals surface area contributed by atoms with Gasteiger partial charge in [-0.15, -0.1) is 0 Å². The number of fused-ring (bicyclic) bond motifs is 2. The molecule has 0 heterocycles. The fraction of sp³-hybridized carbons (Fsp3) is 0.100. The van der Waals surface area contributed by atoms with E-state index in [-0.39, 0.29) is 11.4 Å². The van der Waals surface area contributed by atoms with Crippen LogP contribution in [0.4, 0.5) is 0 Å². The lowest BCUT2D eigenvalue weighted by Crippen LogP contribution is -1.92. The summed E-state index contributed by atoms with van der Waals surface area (Å²) in [7, 11) is 0. The molecule has 24 heavy (non-hydrogen) atoms. The quantitative estimate of drug-likeness (QED) is 0.509. The van der Waals surface area contributed by atoms with Crippen LogP contribution in [0.1, 0.15) is 36.1 Å². The maximum Gasteiger partial charge on any atom is 0.269 e. The van der Waals surface area contributed by atoms with Crippen LogP contribution >= 0.6 is 0 Å². The molecule has 0 aliphatic heterocycles. The van der Waals surface area contributed by atoms with E-state index in [4.69, 9.17) is 13.1 Å². The second-order valence-corrected chi connectivity index (χ2v) is 5.58. The molecule has 0 atom stereocenters. The minimum atomic E-state index is 0.0794. The van der Waals surface area contributed by atoms with Crippen molar-refractivity contribution in [1.29, 1.82) is 10.5 Å². The highest BCUT2D eigenvalue weighted by molar-refractivity contribution is 6.03. The van der Waals surface area contributed by atoms with Gasteiger partial charge in [-0.05, 0) is 48.2 Å². The summed E-state index contributed by atoms with van der Waals surface area (Å²) < 4.78 is 0. The van der Waals surface area contributed by atoms with E-state index < -0.39 is 0 Å². The van der Waals surface area contributed by atoms with Gasteiger partial charge in [0.15, 0.2) is 0 Å². The van der Waals surface area contributed by atoms with Crippen molar-refractivity contribution in [2.75, 3.05) is 0 Å². The smallest absolute Gasteiger partial charge is 0.226 e. The van der Waals surface area contributed by atoms with Crippen molar-refractivity contribution in [3.8, 4) is 12.1 Å². The average molecular weight is 306 g/mol. The highest BCUT2D eigenvalue weighted by Crippen LogP contribution is 2.44. The molecule has 0 spiro atoms. The van der Waals surface area contributed by atoms with E-state index in [0.717, 1.165) is 33.4 Å². The Hall–Kier alpha value is -3.86. The first-order valence-electron chi connectivity index (χ1n) is 7.15. The first kappa shape index (κ1) is 15.1. The standard InChI is InChI=1S/C20H10N4/c1-11-5-13-7-16-14(6-12(2)20(16)18(10-22)24-4)8-15(13)19(11)17(9-21)23-3/h5-8H,1-2H3/b19-17-,20-18+. The van der Waals surface area contributed by atoms with Crippen molar-refractivity contribution in [2.45, 2.75) is 13.8 Å². The number of nitriles is 2. The second-order valence-electron chi connectivity index (χ2n) is 5.58. The van der Waals surface area contributed by atoms with Crippen molar-refractivity contribution >= 4 is 23.3 Å². The molecule has 3 rings (SSSR count). The first-order valence-corrected chi connectivity index (χ1v) is 7.15. The maximum absolute atomic E-state index is 9.21. The van der Waals surface area contributed by atoms with Crippen LogP contribution in [0.2, 0.25) is 0 Å². The van der Waals surface area contributed by atoms with E-state index in [2.05, 4.69) is 9.69 Å². The Morgan fingerprint density at radius 3 is 1.50 bits per heavy atom. The van der Waals surface area contributed by atoms with Crippen LogP contribution in [0.25, 0.3) is 33.0 Å². The zero-order chi connectivity index (χ0) is 17.4. The molecule has 0 bridgehead atoms. The van der Waals surface area contributed by atoms with E-state index in [1.165, 1.54) is 0 Å². The van der Waals surface area contributed by atoms with Gasteiger partial charge < -0.3 is 0 Å². The SMILES string of the molecule is [C-]#[N+]/C(C#N)=C1/C(C)=Cc2cc3c(cc21)C=C(C)/C3=C(/C#N)[N+]#[C-]. The van der Waals surface area contributed by atoms with E-state index in [9.17, 15) is 10.5 Å². The monoisotopic (exact) mass is 306 g/mol. The molecule has 4 nitrogen and oxygen atoms in total. The van der Waals surface area contributed by atoms with Gasteiger partial charge in [-0.3, -0.25) is 0 Å². The summed E-state index contributed by atoms with van der Waals surface area (Å²) in [5, 5.41) is 18.4. The summed E-state index contributed by atoms with van der Waals surface area (Å²) >= 11 is 0. The van der Waals surface area contributed by atoms with Crippen LogP contribution in [0.15, 0.2) is 34.7 Å². The van der Waals surface area contributed by atoms with Crippen molar-refractivity contribution in [3.63, 3.8) is 0 Å². The predicted molar refractivity (Wildman–Crippen MR) is 92.0 cm³/mol. The van der Waals surface area contributed by atoms with Crippen molar-refractivity contribution in [1.82, 2.24) is 0 Å². The van der Waals surface area contributed by atoms with Gasteiger partial charge in [0.05, 0.1) is 25.3 Å². The molecule has 0 fully saturated rings. The summed E-state index contributed by atoms with van der Waals surface area (Å²) in [4.78, 5) is 6.67. The second kappa shape index (κ2) is 5.40. The maximum atomic E-state index is 9.21. The van der Waals surface area contributed by atoms with Gasteiger partial charge in [0, 0.05) is 11.1 Å².